The first-order valence-electron chi connectivity index (χ1n) is 5.78. The Hall–Kier alpha value is -1.78. The van der Waals surface area contributed by atoms with Gasteiger partial charge in [-0.2, -0.15) is 0 Å². The minimum Gasteiger partial charge on any atom is -0.365 e. The molecule has 1 fully saturated rings. The van der Waals surface area contributed by atoms with E-state index in [4.69, 9.17) is 0 Å². The second kappa shape index (κ2) is 4.61. The number of hydrogen-bond acceptors (Lipinski definition) is 2. The first kappa shape index (κ1) is 11.7. The second-order valence-electron chi connectivity index (χ2n) is 4.31. The lowest BCUT2D eigenvalue weighted by Gasteiger charge is -2.34. The third-order valence-corrected chi connectivity index (χ3v) is 3.20. The van der Waals surface area contributed by atoms with Crippen LogP contribution in [0.2, 0.25) is 0 Å². The Balaban J connectivity index is 2.00. The van der Waals surface area contributed by atoms with Crippen LogP contribution in [0.5, 0.6) is 0 Å². The second-order valence-corrected chi connectivity index (χ2v) is 4.31. The summed E-state index contributed by atoms with van der Waals surface area (Å²) in [5, 5.41) is 0. The number of piperazine rings is 1. The zero-order chi connectivity index (χ0) is 12.4. The monoisotopic (exact) mass is 235 g/mol. The maximum Gasteiger partial charge on any atom is 0.255 e. The van der Waals surface area contributed by atoms with Crippen molar-refractivity contribution in [3.63, 3.8) is 0 Å². The number of H-pyrrole nitrogens is 1. The Bertz CT molecular complexity index is 431. The van der Waals surface area contributed by atoms with Crippen molar-refractivity contribution < 1.29 is 9.59 Å². The maximum atomic E-state index is 12.2. The molecule has 92 valence electrons. The molecule has 1 aliphatic rings. The standard InChI is InChI=1S/C12H17N3O2/c1-9-11(3-4-13-9)12(17)15-7-5-14(6-8-15)10(2)16/h3-4,13H,5-8H2,1-2H3. The van der Waals surface area contributed by atoms with E-state index in [-0.39, 0.29) is 11.8 Å². The number of nitrogens with one attached hydrogen (secondary N) is 1. The number of hydrogen-bond donors (Lipinski definition) is 1. The van der Waals surface area contributed by atoms with E-state index >= 15 is 0 Å². The molecular weight excluding hydrogens is 218 g/mol. The third kappa shape index (κ3) is 2.33. The van der Waals surface area contributed by atoms with Gasteiger partial charge in [0, 0.05) is 45.0 Å². The number of aromatic amines is 1. The van der Waals surface area contributed by atoms with Gasteiger partial charge < -0.3 is 14.8 Å². The zero-order valence-electron chi connectivity index (χ0n) is 10.2. The van der Waals surface area contributed by atoms with Crippen molar-refractivity contribution in [1.29, 1.82) is 0 Å². The Morgan fingerprint density at radius 3 is 2.24 bits per heavy atom. The average molecular weight is 235 g/mol. The van der Waals surface area contributed by atoms with Gasteiger partial charge in [-0.25, -0.2) is 0 Å². The van der Waals surface area contributed by atoms with Gasteiger partial charge in [0.1, 0.15) is 0 Å². The van der Waals surface area contributed by atoms with Gasteiger partial charge in [0.2, 0.25) is 5.91 Å². The zero-order valence-corrected chi connectivity index (χ0v) is 10.2. The van der Waals surface area contributed by atoms with Crippen LogP contribution in [0.1, 0.15) is 23.0 Å². The van der Waals surface area contributed by atoms with Crippen molar-refractivity contribution in [3.8, 4) is 0 Å². The van der Waals surface area contributed by atoms with Gasteiger partial charge in [-0.3, -0.25) is 9.59 Å². The summed E-state index contributed by atoms with van der Waals surface area (Å²) in [4.78, 5) is 29.9. The van der Waals surface area contributed by atoms with Gasteiger partial charge in [0.25, 0.3) is 5.91 Å². The molecular formula is C12H17N3O2. The van der Waals surface area contributed by atoms with Gasteiger partial charge in [0.05, 0.1) is 5.56 Å². The summed E-state index contributed by atoms with van der Waals surface area (Å²) < 4.78 is 0. The molecule has 0 unspecified atom stereocenters. The summed E-state index contributed by atoms with van der Waals surface area (Å²) in [6.45, 7) is 5.94. The van der Waals surface area contributed by atoms with Crippen LogP contribution in [-0.2, 0) is 4.79 Å². The van der Waals surface area contributed by atoms with Gasteiger partial charge in [-0.05, 0) is 13.0 Å². The maximum absolute atomic E-state index is 12.2. The van der Waals surface area contributed by atoms with Crippen LogP contribution in [0.25, 0.3) is 0 Å². The Morgan fingerprint density at radius 2 is 1.76 bits per heavy atom. The lowest BCUT2D eigenvalue weighted by molar-refractivity contribution is -0.130. The minimum absolute atomic E-state index is 0.0481. The molecule has 2 heterocycles. The molecule has 0 atom stereocenters. The van der Waals surface area contributed by atoms with E-state index in [1.54, 1.807) is 29.0 Å². The van der Waals surface area contributed by atoms with Crippen LogP contribution < -0.4 is 0 Å². The van der Waals surface area contributed by atoms with Crippen LogP contribution >= 0.6 is 0 Å². The average Bonchev–Trinajstić information content (AvgIpc) is 2.74. The first-order valence-corrected chi connectivity index (χ1v) is 5.78. The largest absolute Gasteiger partial charge is 0.365 e. The van der Waals surface area contributed by atoms with Gasteiger partial charge in [-0.15, -0.1) is 0 Å². The van der Waals surface area contributed by atoms with Crippen molar-refractivity contribution in [1.82, 2.24) is 14.8 Å². The highest BCUT2D eigenvalue weighted by atomic mass is 16.2. The quantitative estimate of drug-likeness (QED) is 0.776. The van der Waals surface area contributed by atoms with E-state index in [0.29, 0.717) is 26.2 Å². The highest BCUT2D eigenvalue weighted by Crippen LogP contribution is 2.11. The molecule has 1 aliphatic heterocycles. The van der Waals surface area contributed by atoms with E-state index in [1.165, 1.54) is 0 Å². The van der Waals surface area contributed by atoms with E-state index < -0.39 is 0 Å². The molecule has 1 aromatic rings. The van der Waals surface area contributed by atoms with Crippen LogP contribution in [0, 0.1) is 6.92 Å². The van der Waals surface area contributed by atoms with Crippen molar-refractivity contribution in [2.75, 3.05) is 26.2 Å². The van der Waals surface area contributed by atoms with Crippen LogP contribution in [0.15, 0.2) is 12.3 Å². The van der Waals surface area contributed by atoms with E-state index in [1.807, 2.05) is 6.92 Å². The van der Waals surface area contributed by atoms with Gasteiger partial charge >= 0.3 is 0 Å². The highest BCUT2D eigenvalue weighted by Gasteiger charge is 2.24. The number of aromatic nitrogens is 1. The molecule has 5 heteroatoms. The SMILES string of the molecule is CC(=O)N1CCN(C(=O)c2cc[nH]c2C)CC1. The fourth-order valence-electron chi connectivity index (χ4n) is 2.08. The van der Waals surface area contributed by atoms with E-state index in [0.717, 1.165) is 11.3 Å². The number of nitrogens with zero attached hydrogens (tertiary/aromatic N) is 2. The highest BCUT2D eigenvalue weighted by molar-refractivity contribution is 5.95. The van der Waals surface area contributed by atoms with Crippen LogP contribution in [0.3, 0.4) is 0 Å². The molecule has 0 saturated carbocycles. The Labute approximate surface area is 100 Å². The fraction of sp³-hybridized carbons (Fsp3) is 0.500. The van der Waals surface area contributed by atoms with Crippen LogP contribution in [0.4, 0.5) is 0 Å². The molecule has 17 heavy (non-hydrogen) atoms. The molecule has 1 saturated heterocycles. The minimum atomic E-state index is 0.0481. The van der Waals surface area contributed by atoms with Crippen molar-refractivity contribution in [3.05, 3.63) is 23.5 Å². The third-order valence-electron chi connectivity index (χ3n) is 3.20. The molecule has 0 aromatic carbocycles. The summed E-state index contributed by atoms with van der Waals surface area (Å²) in [6, 6.07) is 1.80. The summed E-state index contributed by atoms with van der Waals surface area (Å²) in [7, 11) is 0. The number of carbonyl (C=O) groups is 2. The molecule has 0 aliphatic carbocycles. The molecule has 0 spiro atoms. The normalized spacial score (nSPS) is 16.1. The van der Waals surface area contributed by atoms with Crippen molar-refractivity contribution in [2.24, 2.45) is 0 Å². The lowest BCUT2D eigenvalue weighted by atomic mass is 10.2. The lowest BCUT2D eigenvalue weighted by Crippen LogP contribution is -2.50. The van der Waals surface area contributed by atoms with Gasteiger partial charge in [-0.1, -0.05) is 0 Å². The van der Waals surface area contributed by atoms with Crippen LogP contribution in [-0.4, -0.2) is 52.8 Å². The molecule has 1 aromatic heterocycles. The molecule has 2 amide bonds. The molecule has 1 N–H and O–H groups in total. The van der Waals surface area contributed by atoms with E-state index in [9.17, 15) is 9.59 Å². The summed E-state index contributed by atoms with van der Waals surface area (Å²) in [6.07, 6.45) is 1.77. The number of amides is 2. The Kier molecular flexibility index (Phi) is 3.17. The Morgan fingerprint density at radius 1 is 1.18 bits per heavy atom. The summed E-state index contributed by atoms with van der Waals surface area (Å²) in [5.74, 6) is 0.127. The molecule has 0 bridgehead atoms. The smallest absolute Gasteiger partial charge is 0.255 e. The molecule has 0 radical (unpaired) electrons. The van der Waals surface area contributed by atoms with Crippen molar-refractivity contribution in [2.45, 2.75) is 13.8 Å². The summed E-state index contributed by atoms with van der Waals surface area (Å²) >= 11 is 0. The molecule has 2 rings (SSSR count). The summed E-state index contributed by atoms with van der Waals surface area (Å²) in [5.41, 5.74) is 1.62. The fourth-order valence-corrected chi connectivity index (χ4v) is 2.08. The van der Waals surface area contributed by atoms with Gasteiger partial charge in [0.15, 0.2) is 0 Å². The topological polar surface area (TPSA) is 56.4 Å². The number of carbonyl (C=O) groups excluding carboxylic acids is 2. The van der Waals surface area contributed by atoms with Crippen molar-refractivity contribution >= 4 is 11.8 Å². The van der Waals surface area contributed by atoms with E-state index in [2.05, 4.69) is 4.98 Å². The predicted molar refractivity (Wildman–Crippen MR) is 63.7 cm³/mol. The predicted octanol–water partition coefficient (Wildman–Crippen LogP) is 0.627. The number of aryl methyl sites for hydroxylation is 1. The first-order chi connectivity index (χ1) is 8.09. The number of rotatable bonds is 1. The molecule has 5 nitrogen and oxygen atoms in total.